The smallest absolute Gasteiger partial charge is 0.303 e. The molecule has 1 fully saturated rings. The van der Waals surface area contributed by atoms with E-state index in [0.29, 0.717) is 24.5 Å². The van der Waals surface area contributed by atoms with Crippen molar-refractivity contribution in [2.24, 2.45) is 0 Å². The zero-order valence-electron chi connectivity index (χ0n) is 25.7. The number of aromatic nitrogens is 4. The molecule has 0 saturated carbocycles. The Morgan fingerprint density at radius 2 is 1.91 bits per heavy atom. The maximum atomic E-state index is 14.1. The van der Waals surface area contributed by atoms with Gasteiger partial charge < -0.3 is 23.7 Å². The number of aryl methyl sites for hydroxylation is 2. The van der Waals surface area contributed by atoms with E-state index in [4.69, 9.17) is 26.1 Å². The average molecular weight is 646 g/mol. The second-order valence-electron chi connectivity index (χ2n) is 11.6. The lowest BCUT2D eigenvalue weighted by atomic mass is 10.1. The molecule has 9 nitrogen and oxygen atoms in total. The minimum atomic E-state index is -0.805. The van der Waals surface area contributed by atoms with E-state index in [9.17, 15) is 14.3 Å². The largest absolute Gasteiger partial charge is 0.490 e. The number of piperidine rings is 1. The van der Waals surface area contributed by atoms with Crippen molar-refractivity contribution < 1.29 is 23.8 Å². The quantitative estimate of drug-likeness (QED) is 0.152. The molecule has 3 heterocycles. The summed E-state index contributed by atoms with van der Waals surface area (Å²) in [6.07, 6.45) is 6.14. The van der Waals surface area contributed by atoms with Crippen LogP contribution in [0.3, 0.4) is 0 Å². The summed E-state index contributed by atoms with van der Waals surface area (Å²) in [5.41, 5.74) is 4.87. The number of aliphatic carboxylic acids is 1. The normalized spacial score (nSPS) is 14.2. The Balaban J connectivity index is 1.10. The summed E-state index contributed by atoms with van der Waals surface area (Å²) in [5, 5.41) is 9.51. The number of hydrogen-bond acceptors (Lipinski definition) is 6. The Labute approximate surface area is 272 Å². The van der Waals surface area contributed by atoms with Gasteiger partial charge >= 0.3 is 5.97 Å². The summed E-state index contributed by atoms with van der Waals surface area (Å²) in [7, 11) is 0. The predicted molar refractivity (Wildman–Crippen MR) is 174 cm³/mol. The average Bonchev–Trinajstić information content (AvgIpc) is 3.64. The lowest BCUT2D eigenvalue weighted by Gasteiger charge is -2.32. The molecule has 1 saturated heterocycles. The topological polar surface area (TPSA) is 94.6 Å². The summed E-state index contributed by atoms with van der Waals surface area (Å²) in [4.78, 5) is 23.0. The number of halogens is 2. The van der Waals surface area contributed by atoms with E-state index >= 15 is 0 Å². The Morgan fingerprint density at radius 1 is 1.07 bits per heavy atom. The maximum Gasteiger partial charge on any atom is 0.303 e. The SMILES string of the molecule is CCn1cncc1Cn1c(CN2CCC(Oc3cccc(COc4ccc(Cl)cc4F)c3)CC2)nc2ccc(CCC(=O)O)cc21. The summed E-state index contributed by atoms with van der Waals surface area (Å²) in [6.45, 7) is 6.20. The minimum absolute atomic E-state index is 0.0793. The Hall–Kier alpha value is -4.41. The highest BCUT2D eigenvalue weighted by Crippen LogP contribution is 2.26. The van der Waals surface area contributed by atoms with Crippen LogP contribution in [0.15, 0.2) is 73.2 Å². The number of likely N-dealkylation sites (tertiary alicyclic amines) is 1. The van der Waals surface area contributed by atoms with Gasteiger partial charge in [0.2, 0.25) is 0 Å². The molecule has 240 valence electrons. The number of benzene rings is 3. The third-order valence-corrected chi connectivity index (χ3v) is 8.60. The number of rotatable bonds is 13. The first-order valence-corrected chi connectivity index (χ1v) is 16.0. The molecule has 6 rings (SSSR count). The predicted octanol–water partition coefficient (Wildman–Crippen LogP) is 6.73. The van der Waals surface area contributed by atoms with Gasteiger partial charge in [0.15, 0.2) is 11.6 Å². The lowest BCUT2D eigenvalue weighted by molar-refractivity contribution is -0.136. The van der Waals surface area contributed by atoms with Crippen molar-refractivity contribution in [3.63, 3.8) is 0 Å². The molecular formula is C35H37ClFN5O4. The maximum absolute atomic E-state index is 14.1. The summed E-state index contributed by atoms with van der Waals surface area (Å²) >= 11 is 5.84. The van der Waals surface area contributed by atoms with Gasteiger partial charge in [0.1, 0.15) is 24.3 Å². The minimum Gasteiger partial charge on any atom is -0.490 e. The summed E-state index contributed by atoms with van der Waals surface area (Å²) in [6, 6.07) is 18.1. The molecule has 0 aliphatic carbocycles. The van der Waals surface area contributed by atoms with Gasteiger partial charge in [-0.1, -0.05) is 29.8 Å². The van der Waals surface area contributed by atoms with Gasteiger partial charge in [0.25, 0.3) is 0 Å². The number of carbonyl (C=O) groups is 1. The van der Waals surface area contributed by atoms with Crippen molar-refractivity contribution >= 4 is 28.6 Å². The van der Waals surface area contributed by atoms with Crippen LogP contribution in [-0.4, -0.2) is 54.3 Å². The van der Waals surface area contributed by atoms with Gasteiger partial charge in [-0.25, -0.2) is 14.4 Å². The molecule has 5 aromatic rings. The summed E-state index contributed by atoms with van der Waals surface area (Å²) in [5.74, 6) is 0.602. The van der Waals surface area contributed by atoms with E-state index in [2.05, 4.69) is 32.0 Å². The fourth-order valence-corrected chi connectivity index (χ4v) is 6.05. The molecule has 1 aliphatic heterocycles. The van der Waals surface area contributed by atoms with Gasteiger partial charge in [-0.3, -0.25) is 9.69 Å². The van der Waals surface area contributed by atoms with Crippen molar-refractivity contribution in [3.05, 3.63) is 107 Å². The van der Waals surface area contributed by atoms with E-state index in [0.717, 1.165) is 71.9 Å². The highest BCUT2D eigenvalue weighted by atomic mass is 35.5. The van der Waals surface area contributed by atoms with Crippen LogP contribution in [0, 0.1) is 5.82 Å². The van der Waals surface area contributed by atoms with Crippen LogP contribution in [0.5, 0.6) is 11.5 Å². The van der Waals surface area contributed by atoms with E-state index in [1.54, 1.807) is 6.07 Å². The van der Waals surface area contributed by atoms with E-state index in [-0.39, 0.29) is 24.9 Å². The van der Waals surface area contributed by atoms with Crippen molar-refractivity contribution in [1.82, 2.24) is 24.0 Å². The molecule has 0 bridgehead atoms. The molecular weight excluding hydrogens is 609 g/mol. The van der Waals surface area contributed by atoms with Crippen LogP contribution in [0.2, 0.25) is 5.02 Å². The second-order valence-corrected chi connectivity index (χ2v) is 12.0. The fourth-order valence-electron chi connectivity index (χ4n) is 5.89. The molecule has 1 aliphatic rings. The highest BCUT2D eigenvalue weighted by molar-refractivity contribution is 6.30. The van der Waals surface area contributed by atoms with Crippen LogP contribution in [0.1, 0.15) is 48.8 Å². The highest BCUT2D eigenvalue weighted by Gasteiger charge is 2.23. The molecule has 0 atom stereocenters. The number of carboxylic acids is 1. The van der Waals surface area contributed by atoms with Gasteiger partial charge in [-0.15, -0.1) is 0 Å². The lowest BCUT2D eigenvalue weighted by Crippen LogP contribution is -2.38. The first kappa shape index (κ1) is 31.6. The molecule has 2 aromatic heterocycles. The standard InChI is InChI=1S/C35H37ClFN5O4/c1-2-41-23-38-19-27(41)20-42-32-17-24(7-11-35(43)44)6-9-31(32)39-34(42)21-40-14-12-28(13-15-40)46-29-5-3-4-25(16-29)22-45-33-10-8-26(36)18-30(33)37/h3-6,8-10,16-19,23,28H,2,7,11-15,20-22H2,1H3,(H,43,44). The number of ether oxygens (including phenoxy) is 2. The number of carboxylic acid groups (broad SMARTS) is 1. The fraction of sp³-hybridized carbons (Fsp3) is 0.343. The van der Waals surface area contributed by atoms with Crippen LogP contribution < -0.4 is 9.47 Å². The van der Waals surface area contributed by atoms with Gasteiger partial charge in [0, 0.05) is 37.3 Å². The first-order valence-electron chi connectivity index (χ1n) is 15.6. The second kappa shape index (κ2) is 14.3. The van der Waals surface area contributed by atoms with Crippen molar-refractivity contribution in [2.75, 3.05) is 13.1 Å². The molecule has 0 amide bonds. The van der Waals surface area contributed by atoms with Gasteiger partial charge in [0.05, 0.1) is 36.1 Å². The first-order chi connectivity index (χ1) is 22.3. The monoisotopic (exact) mass is 645 g/mol. The van der Waals surface area contributed by atoms with Crippen LogP contribution >= 0.6 is 11.6 Å². The Kier molecular flexibility index (Phi) is 9.85. The molecule has 0 radical (unpaired) electrons. The van der Waals surface area contributed by atoms with Gasteiger partial charge in [-0.2, -0.15) is 0 Å². The zero-order chi connectivity index (χ0) is 32.0. The van der Waals surface area contributed by atoms with Crippen molar-refractivity contribution in [3.8, 4) is 11.5 Å². The van der Waals surface area contributed by atoms with E-state index in [1.807, 2.05) is 48.9 Å². The van der Waals surface area contributed by atoms with E-state index < -0.39 is 11.8 Å². The molecule has 0 spiro atoms. The molecule has 1 N–H and O–H groups in total. The molecule has 0 unspecified atom stereocenters. The zero-order valence-corrected chi connectivity index (χ0v) is 26.5. The van der Waals surface area contributed by atoms with Crippen LogP contribution in [-0.2, 0) is 37.5 Å². The van der Waals surface area contributed by atoms with E-state index in [1.165, 1.54) is 12.1 Å². The Bertz CT molecular complexity index is 1810. The number of fused-ring (bicyclic) bond motifs is 1. The van der Waals surface area contributed by atoms with Crippen LogP contribution in [0.4, 0.5) is 4.39 Å². The van der Waals surface area contributed by atoms with Gasteiger partial charge in [-0.05, 0) is 79.8 Å². The third kappa shape index (κ3) is 7.68. The number of imidazole rings is 2. The van der Waals surface area contributed by atoms with Crippen LogP contribution in [0.25, 0.3) is 11.0 Å². The van der Waals surface area contributed by atoms with Crippen molar-refractivity contribution in [1.29, 1.82) is 0 Å². The Morgan fingerprint density at radius 3 is 2.70 bits per heavy atom. The third-order valence-electron chi connectivity index (χ3n) is 8.37. The van der Waals surface area contributed by atoms with Crippen molar-refractivity contribution in [2.45, 2.75) is 65.0 Å². The summed E-state index contributed by atoms with van der Waals surface area (Å²) < 4.78 is 30.5. The number of nitrogens with zero attached hydrogens (tertiary/aromatic N) is 5. The molecule has 46 heavy (non-hydrogen) atoms. The molecule has 3 aromatic carbocycles. The molecule has 11 heteroatoms. The number of hydrogen-bond donors (Lipinski definition) is 1.